The average molecular weight is 341 g/mol. The first-order chi connectivity index (χ1) is 11.8. The Bertz CT molecular complexity index is 822. The van der Waals surface area contributed by atoms with Crippen molar-refractivity contribution in [2.45, 2.75) is 38.9 Å². The van der Waals surface area contributed by atoms with E-state index in [1.165, 1.54) is 12.1 Å². The molecule has 1 aliphatic carbocycles. The summed E-state index contributed by atoms with van der Waals surface area (Å²) < 4.78 is 5.92. The fourth-order valence-corrected chi connectivity index (χ4v) is 3.11. The van der Waals surface area contributed by atoms with Gasteiger partial charge in [0.05, 0.1) is 17.0 Å². The molecule has 1 N–H and O–H groups in total. The maximum absolute atomic E-state index is 12.7. The fraction of sp³-hybridized carbons (Fsp3) is 0.444. The minimum atomic E-state index is -1.10. The van der Waals surface area contributed by atoms with Crippen molar-refractivity contribution >= 4 is 17.6 Å². The molecule has 1 aromatic rings. The van der Waals surface area contributed by atoms with E-state index in [1.54, 1.807) is 32.0 Å². The van der Waals surface area contributed by atoms with E-state index in [-0.39, 0.29) is 18.1 Å². The zero-order valence-electron chi connectivity index (χ0n) is 14.3. The molecule has 0 saturated heterocycles. The monoisotopic (exact) mass is 341 g/mol. The van der Waals surface area contributed by atoms with E-state index < -0.39 is 17.6 Å². The molecule has 0 saturated carbocycles. The molecule has 7 nitrogen and oxygen atoms in total. The maximum Gasteiger partial charge on any atom is 0.243 e. The summed E-state index contributed by atoms with van der Waals surface area (Å²) in [4.78, 5) is 24.3. The zero-order valence-corrected chi connectivity index (χ0v) is 14.3. The summed E-state index contributed by atoms with van der Waals surface area (Å²) in [7, 11) is 1.54. The Morgan fingerprint density at radius 3 is 2.72 bits per heavy atom. The van der Waals surface area contributed by atoms with Crippen LogP contribution in [0.4, 0.5) is 0 Å². The summed E-state index contributed by atoms with van der Waals surface area (Å²) in [5.74, 6) is 0.0149. The first-order valence-corrected chi connectivity index (χ1v) is 8.03. The van der Waals surface area contributed by atoms with E-state index in [0.29, 0.717) is 29.0 Å². The minimum Gasteiger partial charge on any atom is -0.469 e. The van der Waals surface area contributed by atoms with Crippen LogP contribution in [0.1, 0.15) is 54.3 Å². The molecular formula is C18H19N3O4. The van der Waals surface area contributed by atoms with Gasteiger partial charge in [0, 0.05) is 31.0 Å². The molecule has 1 aliphatic heterocycles. The first kappa shape index (κ1) is 17.1. The van der Waals surface area contributed by atoms with Crippen molar-refractivity contribution in [3.05, 3.63) is 34.9 Å². The molecule has 2 aliphatic rings. The van der Waals surface area contributed by atoms with Crippen LogP contribution in [0.3, 0.4) is 0 Å². The lowest BCUT2D eigenvalue weighted by molar-refractivity contribution is -0.131. The number of amides is 1. The Morgan fingerprint density at radius 1 is 1.36 bits per heavy atom. The third-order valence-corrected chi connectivity index (χ3v) is 4.78. The van der Waals surface area contributed by atoms with Crippen molar-refractivity contribution in [3.8, 4) is 6.07 Å². The van der Waals surface area contributed by atoms with Crippen LogP contribution in [0, 0.1) is 16.7 Å². The van der Waals surface area contributed by atoms with Crippen LogP contribution in [0.2, 0.25) is 0 Å². The molecule has 2 unspecified atom stereocenters. The van der Waals surface area contributed by atoms with Crippen LogP contribution in [0.25, 0.3) is 0 Å². The maximum atomic E-state index is 12.7. The number of nitrogens with zero attached hydrogens (tertiary/aromatic N) is 3. The normalized spacial score (nSPS) is 25.1. The highest BCUT2D eigenvalue weighted by atomic mass is 16.5. The molecule has 0 fully saturated rings. The third-order valence-electron chi connectivity index (χ3n) is 4.78. The van der Waals surface area contributed by atoms with Gasteiger partial charge in [0.15, 0.2) is 11.9 Å². The predicted octanol–water partition coefficient (Wildman–Crippen LogP) is 1.77. The number of hydrogen-bond donors (Lipinski definition) is 1. The summed E-state index contributed by atoms with van der Waals surface area (Å²) in [6.07, 6.45) is -1.34. The van der Waals surface area contributed by atoms with Crippen molar-refractivity contribution < 1.29 is 19.4 Å². The Balaban J connectivity index is 2.04. The highest BCUT2D eigenvalue weighted by Gasteiger charge is 2.49. The molecule has 130 valence electrons. The van der Waals surface area contributed by atoms with E-state index >= 15 is 0 Å². The van der Waals surface area contributed by atoms with Gasteiger partial charge in [-0.2, -0.15) is 5.26 Å². The molecule has 1 heterocycles. The predicted molar refractivity (Wildman–Crippen MR) is 88.5 cm³/mol. The van der Waals surface area contributed by atoms with Gasteiger partial charge in [-0.25, -0.2) is 5.01 Å². The first-order valence-electron chi connectivity index (χ1n) is 8.03. The summed E-state index contributed by atoms with van der Waals surface area (Å²) in [5.41, 5.74) is 0.242. The number of fused-ring (bicyclic) bond motifs is 1. The molecule has 0 spiro atoms. The van der Waals surface area contributed by atoms with Gasteiger partial charge in [-0.05, 0) is 32.0 Å². The molecule has 0 aromatic heterocycles. The SMILES string of the molecule is CN1N=C(OC2c3cc(C#N)ccc3C(=O)C(C)(C)C2O)CCC1=O. The van der Waals surface area contributed by atoms with E-state index in [1.807, 2.05) is 6.07 Å². The van der Waals surface area contributed by atoms with E-state index in [9.17, 15) is 14.7 Å². The number of aliphatic hydroxyl groups is 1. The van der Waals surface area contributed by atoms with Crippen molar-refractivity contribution in [1.29, 1.82) is 5.26 Å². The highest BCUT2D eigenvalue weighted by Crippen LogP contribution is 2.43. The van der Waals surface area contributed by atoms with Crippen LogP contribution in [-0.4, -0.2) is 40.9 Å². The Morgan fingerprint density at radius 2 is 2.08 bits per heavy atom. The number of aliphatic hydroxyl groups excluding tert-OH is 1. The number of benzene rings is 1. The van der Waals surface area contributed by atoms with Gasteiger partial charge in [0.2, 0.25) is 11.8 Å². The molecular weight excluding hydrogens is 322 g/mol. The number of hydrogen-bond acceptors (Lipinski definition) is 6. The number of Topliss-reactive ketones (excluding diaryl/α,β-unsaturated/α-hetero) is 1. The van der Waals surface area contributed by atoms with Gasteiger partial charge in [0.25, 0.3) is 0 Å². The zero-order chi connectivity index (χ0) is 18.4. The molecule has 7 heteroatoms. The van der Waals surface area contributed by atoms with Crippen LogP contribution < -0.4 is 0 Å². The smallest absolute Gasteiger partial charge is 0.243 e. The minimum absolute atomic E-state index is 0.112. The second-order valence-electron chi connectivity index (χ2n) is 6.86. The number of hydrazone groups is 1. The lowest BCUT2D eigenvalue weighted by Gasteiger charge is -2.40. The van der Waals surface area contributed by atoms with Gasteiger partial charge in [-0.15, -0.1) is 5.10 Å². The van der Waals surface area contributed by atoms with Crippen LogP contribution in [0.15, 0.2) is 23.3 Å². The second-order valence-corrected chi connectivity index (χ2v) is 6.86. The third kappa shape index (κ3) is 2.79. The fourth-order valence-electron chi connectivity index (χ4n) is 3.11. The number of carbonyl (C=O) groups is 2. The van der Waals surface area contributed by atoms with Gasteiger partial charge in [-0.1, -0.05) is 0 Å². The lowest BCUT2D eigenvalue weighted by Crippen LogP contribution is -2.47. The topological polar surface area (TPSA) is 103 Å². The molecule has 25 heavy (non-hydrogen) atoms. The van der Waals surface area contributed by atoms with Crippen LogP contribution in [0.5, 0.6) is 0 Å². The number of nitriles is 1. The Kier molecular flexibility index (Phi) is 4.09. The van der Waals surface area contributed by atoms with Crippen molar-refractivity contribution in [2.24, 2.45) is 10.5 Å². The van der Waals surface area contributed by atoms with Gasteiger partial charge < -0.3 is 9.84 Å². The summed E-state index contributed by atoms with van der Waals surface area (Å²) in [6.45, 7) is 3.33. The van der Waals surface area contributed by atoms with Gasteiger partial charge >= 0.3 is 0 Å². The number of ether oxygens (including phenoxy) is 1. The second kappa shape index (κ2) is 5.97. The van der Waals surface area contributed by atoms with Crippen molar-refractivity contribution in [2.75, 3.05) is 7.05 Å². The molecule has 3 rings (SSSR count). The lowest BCUT2D eigenvalue weighted by atomic mass is 9.69. The van der Waals surface area contributed by atoms with Crippen molar-refractivity contribution in [1.82, 2.24) is 5.01 Å². The number of carbonyl (C=O) groups excluding carboxylic acids is 2. The number of ketones is 1. The van der Waals surface area contributed by atoms with Crippen LogP contribution >= 0.6 is 0 Å². The summed E-state index contributed by atoms with van der Waals surface area (Å²) >= 11 is 0. The van der Waals surface area contributed by atoms with Crippen LogP contribution in [-0.2, 0) is 9.53 Å². The van der Waals surface area contributed by atoms with Gasteiger partial charge in [-0.3, -0.25) is 9.59 Å². The molecule has 1 aromatic carbocycles. The summed E-state index contributed by atoms with van der Waals surface area (Å²) in [6, 6.07) is 6.77. The molecule has 2 atom stereocenters. The molecule has 1 amide bonds. The number of rotatable bonds is 1. The van der Waals surface area contributed by atoms with E-state index in [2.05, 4.69) is 5.10 Å². The quantitative estimate of drug-likeness (QED) is 0.838. The van der Waals surface area contributed by atoms with E-state index in [0.717, 1.165) is 0 Å². The molecule has 0 radical (unpaired) electrons. The standard InChI is InChI=1S/C18H19N3O4/c1-18(2)16(23)11-5-4-10(9-19)8-12(11)15(17(18)24)25-13-6-7-14(22)21(3)20-13/h4-5,8,15,17,24H,6-7H2,1-3H3. The average Bonchev–Trinajstić information content (AvgIpc) is 2.59. The highest BCUT2D eigenvalue weighted by molar-refractivity contribution is 6.03. The summed E-state index contributed by atoms with van der Waals surface area (Å²) in [5, 5.41) is 25.2. The Hall–Kier alpha value is -2.72. The van der Waals surface area contributed by atoms with Gasteiger partial charge in [0.1, 0.15) is 6.10 Å². The van der Waals surface area contributed by atoms with E-state index in [4.69, 9.17) is 10.00 Å². The molecule has 0 bridgehead atoms. The largest absolute Gasteiger partial charge is 0.469 e. The Labute approximate surface area is 145 Å². The van der Waals surface area contributed by atoms with Crippen molar-refractivity contribution in [3.63, 3.8) is 0 Å².